The summed E-state index contributed by atoms with van der Waals surface area (Å²) in [5.41, 5.74) is 12.2. The second kappa shape index (κ2) is 8.48. The molecule has 7 heteroatoms. The van der Waals surface area contributed by atoms with Crippen LogP contribution < -0.4 is 21.7 Å². The van der Waals surface area contributed by atoms with Crippen LogP contribution in [0.25, 0.3) is 0 Å². The van der Waals surface area contributed by atoms with Gasteiger partial charge in [0.15, 0.2) is 0 Å². The van der Waals surface area contributed by atoms with Gasteiger partial charge in [0.1, 0.15) is 6.04 Å². The number of nitrogen functional groups attached to an aromatic ring is 1. The van der Waals surface area contributed by atoms with E-state index in [9.17, 15) is 14.4 Å². The first-order valence-electron chi connectivity index (χ1n) is 8.90. The lowest BCUT2D eigenvalue weighted by Gasteiger charge is -2.32. The third-order valence-electron chi connectivity index (χ3n) is 4.03. The fraction of sp³-hybridized carbons (Fsp3) is 0.227. The summed E-state index contributed by atoms with van der Waals surface area (Å²) < 4.78 is 0. The normalized spacial score (nSPS) is 11.8. The molecule has 0 aromatic heterocycles. The summed E-state index contributed by atoms with van der Waals surface area (Å²) >= 11 is 0. The second-order valence-electron chi connectivity index (χ2n) is 7.54. The SMILES string of the molecule is C#CC(=O)N(c1ccc(C(N)=O)cc1)C(C(=O)NC(C)(C)C)c1ccc(N)cc1. The van der Waals surface area contributed by atoms with E-state index in [1.54, 1.807) is 24.3 Å². The molecule has 2 aromatic rings. The molecule has 5 N–H and O–H groups in total. The van der Waals surface area contributed by atoms with E-state index < -0.39 is 29.3 Å². The van der Waals surface area contributed by atoms with Crippen LogP contribution in [0.2, 0.25) is 0 Å². The van der Waals surface area contributed by atoms with Gasteiger partial charge in [-0.05, 0) is 68.7 Å². The smallest absolute Gasteiger partial charge is 0.303 e. The third-order valence-corrected chi connectivity index (χ3v) is 4.03. The Morgan fingerprint density at radius 3 is 2.03 bits per heavy atom. The molecule has 29 heavy (non-hydrogen) atoms. The van der Waals surface area contributed by atoms with Crippen molar-refractivity contribution in [1.29, 1.82) is 0 Å². The zero-order chi connectivity index (χ0) is 21.8. The number of benzene rings is 2. The Bertz CT molecular complexity index is 952. The average molecular weight is 392 g/mol. The number of carbonyl (C=O) groups is 3. The van der Waals surface area contributed by atoms with Crippen LogP contribution in [-0.4, -0.2) is 23.3 Å². The van der Waals surface area contributed by atoms with Gasteiger partial charge in [-0.25, -0.2) is 0 Å². The number of amides is 3. The lowest BCUT2D eigenvalue weighted by molar-refractivity contribution is -0.126. The molecule has 1 atom stereocenters. The molecule has 0 saturated heterocycles. The molecule has 0 spiro atoms. The molecule has 0 heterocycles. The number of anilines is 2. The van der Waals surface area contributed by atoms with Gasteiger partial charge in [0, 0.05) is 22.5 Å². The molecular weight excluding hydrogens is 368 g/mol. The molecular formula is C22H24N4O3. The number of nitrogens with zero attached hydrogens (tertiary/aromatic N) is 1. The van der Waals surface area contributed by atoms with Gasteiger partial charge in [0.2, 0.25) is 11.8 Å². The van der Waals surface area contributed by atoms with Crippen molar-refractivity contribution in [3.8, 4) is 12.3 Å². The van der Waals surface area contributed by atoms with Crippen molar-refractivity contribution in [2.75, 3.05) is 10.6 Å². The van der Waals surface area contributed by atoms with E-state index in [-0.39, 0.29) is 5.56 Å². The number of terminal acetylenes is 1. The topological polar surface area (TPSA) is 119 Å². The van der Waals surface area contributed by atoms with Crippen molar-refractivity contribution in [2.45, 2.75) is 32.4 Å². The van der Waals surface area contributed by atoms with Gasteiger partial charge in [0.05, 0.1) is 0 Å². The Labute approximate surface area is 170 Å². The van der Waals surface area contributed by atoms with Crippen LogP contribution in [0, 0.1) is 12.3 Å². The molecule has 150 valence electrons. The maximum absolute atomic E-state index is 13.2. The Morgan fingerprint density at radius 2 is 1.59 bits per heavy atom. The molecule has 2 aromatic carbocycles. The fourth-order valence-corrected chi connectivity index (χ4v) is 2.77. The fourth-order valence-electron chi connectivity index (χ4n) is 2.77. The van der Waals surface area contributed by atoms with Crippen LogP contribution in [0.1, 0.15) is 42.7 Å². The minimum absolute atomic E-state index is 0.269. The Balaban J connectivity index is 2.61. The first-order valence-corrected chi connectivity index (χ1v) is 8.90. The molecule has 2 rings (SSSR count). The van der Waals surface area contributed by atoms with Crippen LogP contribution in [0.3, 0.4) is 0 Å². The zero-order valence-electron chi connectivity index (χ0n) is 16.6. The highest BCUT2D eigenvalue weighted by atomic mass is 16.2. The van der Waals surface area contributed by atoms with Gasteiger partial charge in [-0.3, -0.25) is 19.3 Å². The zero-order valence-corrected chi connectivity index (χ0v) is 16.6. The van der Waals surface area contributed by atoms with Gasteiger partial charge in [-0.2, -0.15) is 0 Å². The van der Waals surface area contributed by atoms with Crippen molar-refractivity contribution in [3.05, 3.63) is 59.7 Å². The van der Waals surface area contributed by atoms with E-state index in [4.69, 9.17) is 17.9 Å². The minimum Gasteiger partial charge on any atom is -0.399 e. The van der Waals surface area contributed by atoms with Crippen molar-refractivity contribution in [2.24, 2.45) is 5.73 Å². The molecule has 0 aliphatic heterocycles. The third kappa shape index (κ3) is 5.36. The summed E-state index contributed by atoms with van der Waals surface area (Å²) in [6.07, 6.45) is 5.39. The predicted molar refractivity (Wildman–Crippen MR) is 113 cm³/mol. The number of hydrogen-bond donors (Lipinski definition) is 3. The second-order valence-corrected chi connectivity index (χ2v) is 7.54. The van der Waals surface area contributed by atoms with Gasteiger partial charge < -0.3 is 16.8 Å². The van der Waals surface area contributed by atoms with Crippen LogP contribution >= 0.6 is 0 Å². The molecule has 0 fully saturated rings. The summed E-state index contributed by atoms with van der Waals surface area (Å²) in [6.45, 7) is 5.50. The molecule has 0 aliphatic carbocycles. The van der Waals surface area contributed by atoms with Crippen molar-refractivity contribution in [1.82, 2.24) is 5.32 Å². The molecule has 1 unspecified atom stereocenters. The largest absolute Gasteiger partial charge is 0.399 e. The lowest BCUT2D eigenvalue weighted by Crippen LogP contribution is -2.49. The number of carbonyl (C=O) groups excluding carboxylic acids is 3. The first-order chi connectivity index (χ1) is 13.5. The number of primary amides is 1. The van der Waals surface area contributed by atoms with Crippen molar-refractivity contribution in [3.63, 3.8) is 0 Å². The Morgan fingerprint density at radius 1 is 1.03 bits per heavy atom. The summed E-state index contributed by atoms with van der Waals surface area (Å²) in [5.74, 6) is 0.348. The van der Waals surface area contributed by atoms with Crippen LogP contribution in [0.4, 0.5) is 11.4 Å². The average Bonchev–Trinajstić information content (AvgIpc) is 2.65. The van der Waals surface area contributed by atoms with Gasteiger partial charge in [-0.1, -0.05) is 12.1 Å². The standard InChI is InChI=1S/C22H24N4O3/c1-5-18(27)26(17-12-8-15(9-13-17)20(24)28)19(21(29)25-22(2,3)4)14-6-10-16(23)11-7-14/h1,6-13,19H,23H2,2-4H3,(H2,24,28)(H,25,29). The van der Waals surface area contributed by atoms with Crippen molar-refractivity contribution < 1.29 is 14.4 Å². The summed E-state index contributed by atoms with van der Waals surface area (Å²) in [5, 5.41) is 2.88. The maximum atomic E-state index is 13.2. The summed E-state index contributed by atoms with van der Waals surface area (Å²) in [4.78, 5) is 38.4. The summed E-state index contributed by atoms with van der Waals surface area (Å²) in [6, 6.07) is 11.5. The number of nitrogens with two attached hydrogens (primary N) is 2. The maximum Gasteiger partial charge on any atom is 0.303 e. The highest BCUT2D eigenvalue weighted by molar-refractivity contribution is 6.10. The molecule has 0 radical (unpaired) electrons. The van der Waals surface area contributed by atoms with E-state index in [0.29, 0.717) is 16.9 Å². The molecule has 3 amide bonds. The van der Waals surface area contributed by atoms with E-state index in [0.717, 1.165) is 0 Å². The highest BCUT2D eigenvalue weighted by Gasteiger charge is 2.33. The van der Waals surface area contributed by atoms with Crippen molar-refractivity contribution >= 4 is 29.1 Å². The highest BCUT2D eigenvalue weighted by Crippen LogP contribution is 2.29. The molecule has 0 saturated carbocycles. The Hall–Kier alpha value is -3.79. The first kappa shape index (κ1) is 21.5. The van der Waals surface area contributed by atoms with Crippen LogP contribution in [-0.2, 0) is 9.59 Å². The number of hydrogen-bond acceptors (Lipinski definition) is 4. The van der Waals surface area contributed by atoms with Crippen LogP contribution in [0.15, 0.2) is 48.5 Å². The van der Waals surface area contributed by atoms with Gasteiger partial charge >= 0.3 is 5.91 Å². The molecule has 0 aliphatic rings. The predicted octanol–water partition coefficient (Wildman–Crippen LogP) is 1.99. The Kier molecular flexibility index (Phi) is 6.29. The van der Waals surface area contributed by atoms with Crippen LogP contribution in [0.5, 0.6) is 0 Å². The van der Waals surface area contributed by atoms with Gasteiger partial charge in [0.25, 0.3) is 0 Å². The van der Waals surface area contributed by atoms with E-state index in [2.05, 4.69) is 11.2 Å². The number of rotatable bonds is 5. The quantitative estimate of drug-likeness (QED) is 0.532. The minimum atomic E-state index is -1.04. The summed E-state index contributed by atoms with van der Waals surface area (Å²) in [7, 11) is 0. The monoisotopic (exact) mass is 392 g/mol. The van der Waals surface area contributed by atoms with E-state index >= 15 is 0 Å². The molecule has 7 nitrogen and oxygen atoms in total. The molecule has 0 bridgehead atoms. The lowest BCUT2D eigenvalue weighted by atomic mass is 10.00. The van der Waals surface area contributed by atoms with E-state index in [1.165, 1.54) is 29.2 Å². The van der Waals surface area contributed by atoms with Gasteiger partial charge in [-0.15, -0.1) is 6.42 Å². The number of nitrogens with one attached hydrogen (secondary N) is 1. The van der Waals surface area contributed by atoms with E-state index in [1.807, 2.05) is 20.8 Å².